The largest absolute Gasteiger partial charge is 0.484 e. The molecule has 0 radical (unpaired) electrons. The molecule has 3 aromatic carbocycles. The van der Waals surface area contributed by atoms with Crippen molar-refractivity contribution in [1.29, 1.82) is 0 Å². The Balaban J connectivity index is 1.17. The van der Waals surface area contributed by atoms with Crippen LogP contribution in [0.2, 0.25) is 5.02 Å². The number of rotatable bonds is 7. The maximum Gasteiger partial charge on any atom is 0.260 e. The number of hydrogen-bond acceptors (Lipinski definition) is 4. The third-order valence-electron chi connectivity index (χ3n) is 7.97. The molecule has 3 atom stereocenters. The molecule has 0 unspecified atom stereocenters. The fourth-order valence-corrected chi connectivity index (χ4v) is 5.94. The predicted molar refractivity (Wildman–Crippen MR) is 153 cm³/mol. The number of piperazine rings is 1. The Morgan fingerprint density at radius 1 is 1.00 bits per heavy atom. The van der Waals surface area contributed by atoms with Gasteiger partial charge in [-0.2, -0.15) is 0 Å². The van der Waals surface area contributed by atoms with Crippen molar-refractivity contribution in [2.75, 3.05) is 44.3 Å². The minimum atomic E-state index is -0.234. The quantitative estimate of drug-likeness (QED) is 0.327. The van der Waals surface area contributed by atoms with Gasteiger partial charge in [0.2, 0.25) is 0 Å². The van der Waals surface area contributed by atoms with Crippen LogP contribution in [0, 0.1) is 17.7 Å². The number of benzene rings is 3. The van der Waals surface area contributed by atoms with E-state index in [1.807, 2.05) is 47.4 Å². The van der Waals surface area contributed by atoms with E-state index < -0.39 is 0 Å². The van der Waals surface area contributed by atoms with E-state index in [2.05, 4.69) is 26.0 Å². The van der Waals surface area contributed by atoms with Crippen molar-refractivity contribution < 1.29 is 18.7 Å². The van der Waals surface area contributed by atoms with Crippen molar-refractivity contribution >= 4 is 23.2 Å². The molecule has 2 saturated heterocycles. The fraction of sp³-hybridized carbons (Fsp3) is 0.406. The van der Waals surface area contributed by atoms with Gasteiger partial charge in [0.25, 0.3) is 5.91 Å². The van der Waals surface area contributed by atoms with E-state index in [-0.39, 0.29) is 24.4 Å². The number of ether oxygens (including phenoxy) is 2. The molecule has 0 bridgehead atoms. The highest BCUT2D eigenvalue weighted by Gasteiger charge is 2.35. The van der Waals surface area contributed by atoms with Crippen LogP contribution < -0.4 is 9.64 Å². The molecule has 2 aliphatic heterocycles. The lowest BCUT2D eigenvalue weighted by molar-refractivity contribution is -0.133. The van der Waals surface area contributed by atoms with Crippen molar-refractivity contribution in [2.24, 2.45) is 11.8 Å². The number of carbonyl (C=O) groups is 1. The van der Waals surface area contributed by atoms with Gasteiger partial charge in [0.05, 0.1) is 18.4 Å². The van der Waals surface area contributed by atoms with Gasteiger partial charge in [0.15, 0.2) is 6.61 Å². The highest BCUT2D eigenvalue weighted by Crippen LogP contribution is 2.44. The molecular formula is C32H36ClFN2O3. The molecule has 2 fully saturated rings. The molecule has 3 aromatic rings. The zero-order valence-corrected chi connectivity index (χ0v) is 23.3. The van der Waals surface area contributed by atoms with Crippen molar-refractivity contribution in [3.05, 3.63) is 94.8 Å². The van der Waals surface area contributed by atoms with Crippen LogP contribution >= 0.6 is 11.6 Å². The molecule has 0 saturated carbocycles. The summed E-state index contributed by atoms with van der Waals surface area (Å²) >= 11 is 6.25. The average molecular weight is 551 g/mol. The molecule has 1 amide bonds. The normalized spacial score (nSPS) is 21.7. The van der Waals surface area contributed by atoms with E-state index in [0.29, 0.717) is 62.0 Å². The SMILES string of the molecule is CC(C)[C@@H]1C[C@H](c2cccc(Cl)c2)CO[C@H]1c1cccc(OCC(=O)N2CCN(c3ccccc3F)CC2)c1. The van der Waals surface area contributed by atoms with E-state index in [1.54, 1.807) is 17.0 Å². The molecule has 39 heavy (non-hydrogen) atoms. The number of hydrogen-bond donors (Lipinski definition) is 0. The zero-order chi connectivity index (χ0) is 27.4. The molecule has 5 rings (SSSR count). The minimum absolute atomic E-state index is 0.0286. The molecule has 0 spiro atoms. The van der Waals surface area contributed by atoms with Gasteiger partial charge in [-0.3, -0.25) is 4.79 Å². The van der Waals surface area contributed by atoms with Gasteiger partial charge in [-0.05, 0) is 65.8 Å². The van der Waals surface area contributed by atoms with Crippen molar-refractivity contribution in [3.63, 3.8) is 0 Å². The van der Waals surface area contributed by atoms with Crippen LogP contribution in [-0.4, -0.2) is 50.2 Å². The van der Waals surface area contributed by atoms with Crippen LogP contribution in [0.5, 0.6) is 5.75 Å². The summed E-state index contributed by atoms with van der Waals surface area (Å²) in [6, 6.07) is 22.8. The third kappa shape index (κ3) is 6.56. The average Bonchev–Trinajstić information content (AvgIpc) is 2.96. The Labute approximate surface area is 235 Å². The lowest BCUT2D eigenvalue weighted by Gasteiger charge is -2.39. The summed E-state index contributed by atoms with van der Waals surface area (Å²) in [5.74, 6) is 1.45. The second-order valence-electron chi connectivity index (χ2n) is 10.8. The summed E-state index contributed by atoms with van der Waals surface area (Å²) in [5, 5.41) is 0.752. The van der Waals surface area contributed by atoms with E-state index >= 15 is 0 Å². The van der Waals surface area contributed by atoms with Gasteiger partial charge in [0.1, 0.15) is 11.6 Å². The van der Waals surface area contributed by atoms with Crippen LogP contribution in [0.15, 0.2) is 72.8 Å². The zero-order valence-electron chi connectivity index (χ0n) is 22.6. The second-order valence-corrected chi connectivity index (χ2v) is 11.3. The molecular weight excluding hydrogens is 515 g/mol. The Bertz CT molecular complexity index is 1280. The molecule has 0 aromatic heterocycles. The lowest BCUT2D eigenvalue weighted by atomic mass is 9.76. The number of halogens is 2. The molecule has 5 nitrogen and oxygen atoms in total. The Hall–Kier alpha value is -3.09. The van der Waals surface area contributed by atoms with Gasteiger partial charge >= 0.3 is 0 Å². The summed E-state index contributed by atoms with van der Waals surface area (Å²) in [6.45, 7) is 7.35. The van der Waals surface area contributed by atoms with Gasteiger partial charge < -0.3 is 19.3 Å². The highest BCUT2D eigenvalue weighted by atomic mass is 35.5. The maximum atomic E-state index is 14.1. The summed E-state index contributed by atoms with van der Waals surface area (Å²) < 4.78 is 26.5. The molecule has 0 N–H and O–H groups in total. The number of amides is 1. The smallest absolute Gasteiger partial charge is 0.260 e. The minimum Gasteiger partial charge on any atom is -0.484 e. The molecule has 2 aliphatic rings. The van der Waals surface area contributed by atoms with Gasteiger partial charge in [-0.25, -0.2) is 4.39 Å². The Morgan fingerprint density at radius 2 is 1.74 bits per heavy atom. The number of carbonyl (C=O) groups excluding carboxylic acids is 1. The Morgan fingerprint density at radius 3 is 2.49 bits per heavy atom. The van der Waals surface area contributed by atoms with Crippen LogP contribution in [0.3, 0.4) is 0 Å². The fourth-order valence-electron chi connectivity index (χ4n) is 5.74. The molecule has 0 aliphatic carbocycles. The second kappa shape index (κ2) is 12.4. The third-order valence-corrected chi connectivity index (χ3v) is 8.21. The first kappa shape index (κ1) is 27.5. The standard InChI is InChI=1S/C32H36ClFN2O3/c1-22(2)28-19-25(23-7-5-9-26(33)17-23)20-39-32(28)24-8-6-10-27(18-24)38-21-31(37)36-15-13-35(14-16-36)30-12-4-3-11-29(30)34/h3-12,17-18,22,25,28,32H,13-16,19-21H2,1-2H3/t25-,28-,32-/m0/s1. The Kier molecular flexibility index (Phi) is 8.73. The van der Waals surface area contributed by atoms with Gasteiger partial charge in [0, 0.05) is 37.1 Å². The number of anilines is 1. The van der Waals surface area contributed by atoms with E-state index in [0.717, 1.165) is 17.0 Å². The number of nitrogens with zero attached hydrogens (tertiary/aromatic N) is 2. The first-order chi connectivity index (χ1) is 18.9. The van der Waals surface area contributed by atoms with Crippen LogP contribution in [0.25, 0.3) is 0 Å². The van der Waals surface area contributed by atoms with Gasteiger partial charge in [-0.15, -0.1) is 0 Å². The molecule has 7 heteroatoms. The van der Waals surface area contributed by atoms with E-state index in [9.17, 15) is 9.18 Å². The van der Waals surface area contributed by atoms with Gasteiger partial charge in [-0.1, -0.05) is 61.8 Å². The van der Waals surface area contributed by atoms with Crippen LogP contribution in [0.1, 0.15) is 43.4 Å². The first-order valence-corrected chi connectivity index (χ1v) is 14.1. The summed E-state index contributed by atoms with van der Waals surface area (Å²) in [4.78, 5) is 16.6. The first-order valence-electron chi connectivity index (χ1n) is 13.8. The monoisotopic (exact) mass is 550 g/mol. The lowest BCUT2D eigenvalue weighted by Crippen LogP contribution is -2.50. The molecule has 206 valence electrons. The van der Waals surface area contributed by atoms with E-state index in [4.69, 9.17) is 21.1 Å². The van der Waals surface area contributed by atoms with Crippen molar-refractivity contribution in [3.8, 4) is 5.75 Å². The van der Waals surface area contributed by atoms with Crippen molar-refractivity contribution in [2.45, 2.75) is 32.3 Å². The maximum absolute atomic E-state index is 14.1. The van der Waals surface area contributed by atoms with Crippen LogP contribution in [-0.2, 0) is 9.53 Å². The molecule has 2 heterocycles. The van der Waals surface area contributed by atoms with Crippen molar-refractivity contribution in [1.82, 2.24) is 4.90 Å². The highest BCUT2D eigenvalue weighted by molar-refractivity contribution is 6.30. The topological polar surface area (TPSA) is 42.0 Å². The van der Waals surface area contributed by atoms with E-state index in [1.165, 1.54) is 11.6 Å². The number of para-hydroxylation sites is 1. The van der Waals surface area contributed by atoms with Crippen LogP contribution in [0.4, 0.5) is 10.1 Å². The summed E-state index contributed by atoms with van der Waals surface area (Å²) in [7, 11) is 0. The summed E-state index contributed by atoms with van der Waals surface area (Å²) in [5.41, 5.74) is 2.87. The predicted octanol–water partition coefficient (Wildman–Crippen LogP) is 6.72. The summed E-state index contributed by atoms with van der Waals surface area (Å²) in [6.07, 6.45) is 0.983.